The number of hydrogen-bond donors (Lipinski definition) is 2. The molecule has 1 aromatic rings. The molecule has 144 valence electrons. The molecule has 26 heavy (non-hydrogen) atoms. The van der Waals surface area contributed by atoms with Crippen LogP contribution < -0.4 is 15.4 Å². The van der Waals surface area contributed by atoms with Crippen LogP contribution in [0.1, 0.15) is 19.8 Å². The summed E-state index contributed by atoms with van der Waals surface area (Å²) in [6, 6.07) is 5.00. The van der Waals surface area contributed by atoms with Gasteiger partial charge in [0.05, 0.1) is 32.1 Å². The van der Waals surface area contributed by atoms with Crippen LogP contribution >= 0.6 is 0 Å². The summed E-state index contributed by atoms with van der Waals surface area (Å²) in [4.78, 5) is 26.2. The zero-order valence-corrected chi connectivity index (χ0v) is 15.5. The van der Waals surface area contributed by atoms with Gasteiger partial charge in [-0.3, -0.25) is 4.79 Å². The Balaban J connectivity index is 2.10. The molecule has 0 aromatic heterocycles. The second-order valence-electron chi connectivity index (χ2n) is 6.04. The maximum Gasteiger partial charge on any atom is 0.322 e. The summed E-state index contributed by atoms with van der Waals surface area (Å²) in [6.07, 6.45) is 1.88. The number of morpholine rings is 1. The van der Waals surface area contributed by atoms with Crippen LogP contribution in [0.25, 0.3) is 0 Å². The Labute approximate surface area is 153 Å². The summed E-state index contributed by atoms with van der Waals surface area (Å²) < 4.78 is 15.6. The molecule has 8 nitrogen and oxygen atoms in total. The van der Waals surface area contributed by atoms with Gasteiger partial charge in [-0.2, -0.15) is 0 Å². The van der Waals surface area contributed by atoms with Crippen LogP contribution in [0.15, 0.2) is 18.2 Å². The largest absolute Gasteiger partial charge is 0.495 e. The maximum absolute atomic E-state index is 12.7. The molecule has 1 saturated heterocycles. The fraction of sp³-hybridized carbons (Fsp3) is 0.556. The van der Waals surface area contributed by atoms with Gasteiger partial charge in [-0.05, 0) is 24.6 Å². The fourth-order valence-corrected chi connectivity index (χ4v) is 2.89. The number of urea groups is 1. The standard InChI is InChI=1S/C18H27N3O5/c1-4-5-14-11-26-9-8-21(14)18(23)19-13-6-7-16(25-3)15(10-13)20-17(22)12-24-2/h6-7,10,14H,4-5,8-9,11-12H2,1-3H3,(H,19,23)(H,20,22). The highest BCUT2D eigenvalue weighted by Crippen LogP contribution is 2.28. The van der Waals surface area contributed by atoms with E-state index in [-0.39, 0.29) is 24.6 Å². The molecular formula is C18H27N3O5. The van der Waals surface area contributed by atoms with E-state index in [1.54, 1.807) is 23.1 Å². The Morgan fingerprint density at radius 3 is 2.81 bits per heavy atom. The van der Waals surface area contributed by atoms with E-state index < -0.39 is 0 Å². The van der Waals surface area contributed by atoms with Gasteiger partial charge >= 0.3 is 6.03 Å². The highest BCUT2D eigenvalue weighted by molar-refractivity contribution is 5.95. The van der Waals surface area contributed by atoms with Crippen LogP contribution in [0.5, 0.6) is 5.75 Å². The van der Waals surface area contributed by atoms with E-state index in [1.165, 1.54) is 14.2 Å². The van der Waals surface area contributed by atoms with Crippen molar-refractivity contribution in [2.75, 3.05) is 51.2 Å². The molecule has 0 radical (unpaired) electrons. The Kier molecular flexibility index (Phi) is 7.68. The zero-order valence-electron chi connectivity index (χ0n) is 15.5. The third-order valence-corrected chi connectivity index (χ3v) is 4.11. The molecule has 0 bridgehead atoms. The second kappa shape index (κ2) is 9.98. The van der Waals surface area contributed by atoms with Crippen molar-refractivity contribution in [3.63, 3.8) is 0 Å². The molecule has 0 spiro atoms. The summed E-state index contributed by atoms with van der Waals surface area (Å²) >= 11 is 0. The van der Waals surface area contributed by atoms with Crippen molar-refractivity contribution >= 4 is 23.3 Å². The highest BCUT2D eigenvalue weighted by Gasteiger charge is 2.26. The van der Waals surface area contributed by atoms with Gasteiger partial charge in [0.15, 0.2) is 0 Å². The van der Waals surface area contributed by atoms with Gasteiger partial charge in [0.2, 0.25) is 5.91 Å². The first kappa shape index (κ1) is 20.0. The molecule has 0 saturated carbocycles. The van der Waals surface area contributed by atoms with Gasteiger partial charge in [0.1, 0.15) is 12.4 Å². The minimum atomic E-state index is -0.300. The number of carbonyl (C=O) groups excluding carboxylic acids is 2. The highest BCUT2D eigenvalue weighted by atomic mass is 16.5. The molecule has 8 heteroatoms. The van der Waals surface area contributed by atoms with Crippen LogP contribution in [0.2, 0.25) is 0 Å². The lowest BCUT2D eigenvalue weighted by Gasteiger charge is -2.35. The van der Waals surface area contributed by atoms with Crippen LogP contribution in [-0.4, -0.2) is 63.5 Å². The summed E-state index contributed by atoms with van der Waals surface area (Å²) in [5, 5.41) is 5.60. The third kappa shape index (κ3) is 5.34. The van der Waals surface area contributed by atoms with E-state index in [0.717, 1.165) is 12.8 Å². The van der Waals surface area contributed by atoms with Crippen molar-refractivity contribution in [2.45, 2.75) is 25.8 Å². The zero-order chi connectivity index (χ0) is 18.9. The van der Waals surface area contributed by atoms with E-state index in [0.29, 0.717) is 36.9 Å². The van der Waals surface area contributed by atoms with Crippen molar-refractivity contribution in [1.82, 2.24) is 4.90 Å². The predicted molar refractivity (Wildman–Crippen MR) is 98.7 cm³/mol. The number of amides is 3. The smallest absolute Gasteiger partial charge is 0.322 e. The minimum absolute atomic E-state index is 0.0633. The molecule has 1 fully saturated rings. The van der Waals surface area contributed by atoms with Crippen LogP contribution in [0.4, 0.5) is 16.2 Å². The first-order valence-electron chi connectivity index (χ1n) is 8.71. The molecule has 1 aromatic carbocycles. The Bertz CT molecular complexity index is 621. The maximum atomic E-state index is 12.7. The number of nitrogens with zero attached hydrogens (tertiary/aromatic N) is 1. The molecular weight excluding hydrogens is 338 g/mol. The number of ether oxygens (including phenoxy) is 3. The number of carbonyl (C=O) groups is 2. The van der Waals surface area contributed by atoms with Crippen molar-refractivity contribution < 1.29 is 23.8 Å². The summed E-state index contributed by atoms with van der Waals surface area (Å²) in [6.45, 7) is 3.68. The minimum Gasteiger partial charge on any atom is -0.495 e. The molecule has 0 aliphatic carbocycles. The number of methoxy groups -OCH3 is 2. The van der Waals surface area contributed by atoms with Crippen LogP contribution in [0.3, 0.4) is 0 Å². The third-order valence-electron chi connectivity index (χ3n) is 4.11. The first-order chi connectivity index (χ1) is 12.6. The lowest BCUT2D eigenvalue weighted by Crippen LogP contribution is -2.50. The van der Waals surface area contributed by atoms with E-state index in [2.05, 4.69) is 17.6 Å². The number of nitrogens with one attached hydrogen (secondary N) is 2. The SMILES string of the molecule is CCCC1COCCN1C(=O)Nc1ccc(OC)c(NC(=O)COC)c1. The molecule has 2 rings (SSSR count). The van der Waals surface area contributed by atoms with Crippen molar-refractivity contribution in [3.8, 4) is 5.75 Å². The molecule has 1 atom stereocenters. The van der Waals surface area contributed by atoms with Crippen molar-refractivity contribution in [1.29, 1.82) is 0 Å². The lowest BCUT2D eigenvalue weighted by atomic mass is 10.1. The predicted octanol–water partition coefficient (Wildman–Crippen LogP) is 2.31. The number of anilines is 2. The first-order valence-corrected chi connectivity index (χ1v) is 8.71. The molecule has 3 amide bonds. The topological polar surface area (TPSA) is 89.1 Å². The van der Waals surface area contributed by atoms with E-state index in [1.807, 2.05) is 0 Å². The van der Waals surface area contributed by atoms with Gasteiger partial charge in [0.25, 0.3) is 0 Å². The molecule has 1 aliphatic rings. The summed E-state index contributed by atoms with van der Waals surface area (Å²) in [5.41, 5.74) is 1.05. The van der Waals surface area contributed by atoms with E-state index in [9.17, 15) is 9.59 Å². The second-order valence-corrected chi connectivity index (χ2v) is 6.04. The fourth-order valence-electron chi connectivity index (χ4n) is 2.89. The summed E-state index contributed by atoms with van der Waals surface area (Å²) in [5.74, 6) is 0.202. The Morgan fingerprint density at radius 2 is 2.12 bits per heavy atom. The van der Waals surface area contributed by atoms with Gasteiger partial charge < -0.3 is 29.7 Å². The molecule has 1 heterocycles. The van der Waals surface area contributed by atoms with Crippen LogP contribution in [-0.2, 0) is 14.3 Å². The quantitative estimate of drug-likeness (QED) is 0.774. The normalized spacial score (nSPS) is 16.9. The van der Waals surface area contributed by atoms with Crippen molar-refractivity contribution in [3.05, 3.63) is 18.2 Å². The molecule has 1 unspecified atom stereocenters. The van der Waals surface area contributed by atoms with Gasteiger partial charge in [0, 0.05) is 19.3 Å². The lowest BCUT2D eigenvalue weighted by molar-refractivity contribution is -0.119. The Morgan fingerprint density at radius 1 is 1.31 bits per heavy atom. The molecule has 2 N–H and O–H groups in total. The average molecular weight is 365 g/mol. The van der Waals surface area contributed by atoms with Gasteiger partial charge in [-0.15, -0.1) is 0 Å². The average Bonchev–Trinajstić information content (AvgIpc) is 2.63. The van der Waals surface area contributed by atoms with Gasteiger partial charge in [-0.25, -0.2) is 4.79 Å². The van der Waals surface area contributed by atoms with Crippen molar-refractivity contribution in [2.24, 2.45) is 0 Å². The number of benzene rings is 1. The number of rotatable bonds is 7. The van der Waals surface area contributed by atoms with E-state index in [4.69, 9.17) is 14.2 Å². The molecule has 1 aliphatic heterocycles. The monoisotopic (exact) mass is 365 g/mol. The summed E-state index contributed by atoms with van der Waals surface area (Å²) in [7, 11) is 2.96. The van der Waals surface area contributed by atoms with Gasteiger partial charge in [-0.1, -0.05) is 13.3 Å². The number of hydrogen-bond acceptors (Lipinski definition) is 5. The van der Waals surface area contributed by atoms with Crippen LogP contribution in [0, 0.1) is 0 Å². The Hall–Kier alpha value is -2.32. The van der Waals surface area contributed by atoms with E-state index >= 15 is 0 Å².